The van der Waals surface area contributed by atoms with Gasteiger partial charge in [-0.1, -0.05) is 13.8 Å². The fourth-order valence-corrected chi connectivity index (χ4v) is 2.97. The minimum Gasteiger partial charge on any atom is -0.396 e. The summed E-state index contributed by atoms with van der Waals surface area (Å²) in [4.78, 5) is 0. The van der Waals surface area contributed by atoms with Gasteiger partial charge in [-0.2, -0.15) is 0 Å². The third-order valence-electron chi connectivity index (χ3n) is 4.83. The maximum absolute atomic E-state index is 9.47. The first-order valence-electron chi connectivity index (χ1n) is 6.56. The van der Waals surface area contributed by atoms with E-state index < -0.39 is 11.0 Å². The zero-order valence-electron chi connectivity index (χ0n) is 11.0. The zero-order chi connectivity index (χ0) is 13.1. The van der Waals surface area contributed by atoms with Gasteiger partial charge in [0, 0.05) is 5.54 Å². The first kappa shape index (κ1) is 14.9. The van der Waals surface area contributed by atoms with Crippen LogP contribution in [0.3, 0.4) is 0 Å². The molecule has 0 aromatic heterocycles. The van der Waals surface area contributed by atoms with Crippen LogP contribution in [0.4, 0.5) is 0 Å². The molecule has 0 atom stereocenters. The van der Waals surface area contributed by atoms with Crippen LogP contribution in [0.15, 0.2) is 0 Å². The Kier molecular flexibility index (Phi) is 4.95. The fourth-order valence-electron chi connectivity index (χ4n) is 2.97. The van der Waals surface area contributed by atoms with Gasteiger partial charge < -0.3 is 21.1 Å². The Hall–Kier alpha value is -0.160. The maximum atomic E-state index is 9.47. The molecule has 1 aliphatic rings. The molecular weight excluding hydrogens is 218 g/mol. The topological polar surface area (TPSA) is 86.7 Å². The average Bonchev–Trinajstić information content (AvgIpc) is 2.32. The number of hydrogen-bond acceptors (Lipinski definition) is 4. The van der Waals surface area contributed by atoms with Gasteiger partial charge in [-0.3, -0.25) is 0 Å². The Bertz CT molecular complexity index is 223. The highest BCUT2D eigenvalue weighted by molar-refractivity contribution is 5.04. The molecule has 4 heteroatoms. The molecule has 102 valence electrons. The summed E-state index contributed by atoms with van der Waals surface area (Å²) < 4.78 is 0. The Balaban J connectivity index is 2.77. The van der Waals surface area contributed by atoms with Gasteiger partial charge in [-0.25, -0.2) is 0 Å². The number of rotatable bonds is 5. The van der Waals surface area contributed by atoms with E-state index in [0.29, 0.717) is 11.8 Å². The molecule has 0 amide bonds. The van der Waals surface area contributed by atoms with Crippen molar-refractivity contribution < 1.29 is 15.3 Å². The van der Waals surface area contributed by atoms with Crippen molar-refractivity contribution in [2.75, 3.05) is 19.8 Å². The third-order valence-corrected chi connectivity index (χ3v) is 4.83. The van der Waals surface area contributed by atoms with Crippen molar-refractivity contribution in [3.05, 3.63) is 0 Å². The highest BCUT2D eigenvalue weighted by Crippen LogP contribution is 2.43. The summed E-state index contributed by atoms with van der Waals surface area (Å²) in [7, 11) is 0. The molecule has 0 heterocycles. The van der Waals surface area contributed by atoms with Crippen molar-refractivity contribution in [1.82, 2.24) is 0 Å². The molecule has 5 N–H and O–H groups in total. The highest BCUT2D eigenvalue weighted by atomic mass is 16.3. The van der Waals surface area contributed by atoms with Crippen LogP contribution in [0.5, 0.6) is 0 Å². The second-order valence-electron chi connectivity index (χ2n) is 5.99. The van der Waals surface area contributed by atoms with E-state index in [4.69, 9.17) is 5.73 Å². The lowest BCUT2D eigenvalue weighted by Gasteiger charge is -2.49. The van der Waals surface area contributed by atoms with Crippen LogP contribution in [0, 0.1) is 17.3 Å². The van der Waals surface area contributed by atoms with E-state index in [9.17, 15) is 15.3 Å². The van der Waals surface area contributed by atoms with Gasteiger partial charge in [-0.15, -0.1) is 0 Å². The Morgan fingerprint density at radius 3 is 1.82 bits per heavy atom. The van der Waals surface area contributed by atoms with E-state index in [1.165, 1.54) is 0 Å². The van der Waals surface area contributed by atoms with Crippen molar-refractivity contribution in [2.45, 2.75) is 45.1 Å². The number of aliphatic hydroxyl groups is 3. The second kappa shape index (κ2) is 5.65. The molecule has 0 bridgehead atoms. The van der Waals surface area contributed by atoms with Crippen molar-refractivity contribution in [3.8, 4) is 0 Å². The van der Waals surface area contributed by atoms with Gasteiger partial charge in [0.1, 0.15) is 0 Å². The van der Waals surface area contributed by atoms with Crippen LogP contribution in [0.2, 0.25) is 0 Å². The predicted octanol–water partition coefficient (Wildman–Crippen LogP) is 0.493. The summed E-state index contributed by atoms with van der Waals surface area (Å²) in [5.74, 6) is 1.31. The van der Waals surface area contributed by atoms with Gasteiger partial charge in [0.25, 0.3) is 0 Å². The van der Waals surface area contributed by atoms with E-state index in [2.05, 4.69) is 13.8 Å². The quantitative estimate of drug-likeness (QED) is 0.568. The summed E-state index contributed by atoms with van der Waals surface area (Å²) in [6, 6.07) is 0. The van der Waals surface area contributed by atoms with Gasteiger partial charge in [0.2, 0.25) is 0 Å². The van der Waals surface area contributed by atoms with E-state index in [1.54, 1.807) is 0 Å². The first-order chi connectivity index (χ1) is 7.94. The molecule has 4 nitrogen and oxygen atoms in total. The van der Waals surface area contributed by atoms with E-state index in [-0.39, 0.29) is 19.8 Å². The van der Waals surface area contributed by atoms with Crippen LogP contribution in [-0.2, 0) is 0 Å². The Morgan fingerprint density at radius 2 is 1.53 bits per heavy atom. The molecular formula is C13H27NO3. The average molecular weight is 245 g/mol. The lowest BCUT2D eigenvalue weighted by molar-refractivity contribution is -0.0704. The summed E-state index contributed by atoms with van der Waals surface area (Å²) >= 11 is 0. The van der Waals surface area contributed by atoms with Gasteiger partial charge in [0.05, 0.1) is 25.2 Å². The number of aliphatic hydroxyl groups excluding tert-OH is 3. The van der Waals surface area contributed by atoms with Crippen LogP contribution in [0.1, 0.15) is 39.5 Å². The molecule has 0 unspecified atom stereocenters. The molecule has 1 saturated carbocycles. The van der Waals surface area contributed by atoms with E-state index >= 15 is 0 Å². The smallest absolute Gasteiger partial charge is 0.0575 e. The van der Waals surface area contributed by atoms with E-state index in [1.807, 2.05) is 0 Å². The summed E-state index contributed by atoms with van der Waals surface area (Å²) in [6.07, 6.45) is 3.54. The van der Waals surface area contributed by atoms with Crippen molar-refractivity contribution >= 4 is 0 Å². The first-order valence-corrected chi connectivity index (χ1v) is 6.56. The molecule has 0 saturated heterocycles. The lowest BCUT2D eigenvalue weighted by atomic mass is 9.61. The number of nitrogens with two attached hydrogens (primary N) is 1. The molecule has 0 radical (unpaired) electrons. The van der Waals surface area contributed by atoms with Crippen LogP contribution < -0.4 is 5.73 Å². The summed E-state index contributed by atoms with van der Waals surface area (Å²) in [5.41, 5.74) is 4.76. The molecule has 1 rings (SSSR count). The van der Waals surface area contributed by atoms with Gasteiger partial charge >= 0.3 is 0 Å². The molecule has 1 aliphatic carbocycles. The highest BCUT2D eigenvalue weighted by Gasteiger charge is 2.49. The molecule has 0 aliphatic heterocycles. The van der Waals surface area contributed by atoms with Crippen LogP contribution in [0.25, 0.3) is 0 Å². The predicted molar refractivity (Wildman–Crippen MR) is 67.4 cm³/mol. The van der Waals surface area contributed by atoms with Crippen molar-refractivity contribution in [1.29, 1.82) is 0 Å². The SMILES string of the molecule is CC(C)C1CCC(N)(C(CO)(CO)CO)CC1. The van der Waals surface area contributed by atoms with Gasteiger partial charge in [0.15, 0.2) is 0 Å². The normalized spacial score (nSPS) is 30.9. The minimum atomic E-state index is -0.949. The van der Waals surface area contributed by atoms with Crippen molar-refractivity contribution in [3.63, 3.8) is 0 Å². The molecule has 0 spiro atoms. The maximum Gasteiger partial charge on any atom is 0.0575 e. The fraction of sp³-hybridized carbons (Fsp3) is 1.00. The summed E-state index contributed by atoms with van der Waals surface area (Å²) in [6.45, 7) is 3.64. The van der Waals surface area contributed by atoms with Crippen LogP contribution >= 0.6 is 0 Å². The van der Waals surface area contributed by atoms with Crippen molar-refractivity contribution in [2.24, 2.45) is 23.0 Å². The summed E-state index contributed by atoms with van der Waals surface area (Å²) in [5, 5.41) is 28.4. The molecule has 0 aromatic carbocycles. The monoisotopic (exact) mass is 245 g/mol. The zero-order valence-corrected chi connectivity index (χ0v) is 11.0. The third kappa shape index (κ3) is 2.65. The second-order valence-corrected chi connectivity index (χ2v) is 5.99. The molecule has 1 fully saturated rings. The lowest BCUT2D eigenvalue weighted by Crippen LogP contribution is -2.62. The molecule has 17 heavy (non-hydrogen) atoms. The standard InChI is InChI=1S/C13H27NO3/c1-10(2)11-3-5-13(14,6-4-11)12(7-15,8-16)9-17/h10-11,15-17H,3-9,14H2,1-2H3. The van der Waals surface area contributed by atoms with Gasteiger partial charge in [-0.05, 0) is 37.5 Å². The van der Waals surface area contributed by atoms with Crippen LogP contribution in [-0.4, -0.2) is 40.7 Å². The Morgan fingerprint density at radius 1 is 1.12 bits per heavy atom. The Labute approximate surface area is 104 Å². The van der Waals surface area contributed by atoms with E-state index in [0.717, 1.165) is 25.7 Å². The molecule has 0 aromatic rings. The largest absolute Gasteiger partial charge is 0.396 e. The number of hydrogen-bond donors (Lipinski definition) is 4. The minimum absolute atomic E-state index is 0.261.